The van der Waals surface area contributed by atoms with E-state index in [4.69, 9.17) is 0 Å². The van der Waals surface area contributed by atoms with Gasteiger partial charge in [0.2, 0.25) is 0 Å². The van der Waals surface area contributed by atoms with Gasteiger partial charge in [-0.15, -0.1) is 23.1 Å². The van der Waals surface area contributed by atoms with Crippen molar-refractivity contribution in [2.24, 2.45) is 0 Å². The predicted octanol–water partition coefficient (Wildman–Crippen LogP) is 5.23. The first-order chi connectivity index (χ1) is 15.3. The highest BCUT2D eigenvalue weighted by atomic mass is 32.2. The minimum Gasteiger partial charge on any atom is -0.369 e. The summed E-state index contributed by atoms with van der Waals surface area (Å²) in [7, 11) is 0. The zero-order valence-electron chi connectivity index (χ0n) is 18.2. The highest BCUT2D eigenvalue weighted by Gasteiger charge is 2.31. The van der Waals surface area contributed by atoms with E-state index in [9.17, 15) is 18.0 Å². The molecule has 2 aliphatic rings. The Balaban J connectivity index is 1.20. The molecule has 1 aromatic heterocycles. The highest BCUT2D eigenvalue weighted by molar-refractivity contribution is 8.01. The topological polar surface area (TPSA) is 26.8 Å². The van der Waals surface area contributed by atoms with Crippen LogP contribution in [0.5, 0.6) is 0 Å². The summed E-state index contributed by atoms with van der Waals surface area (Å²) in [5.41, 5.74) is 0.907. The van der Waals surface area contributed by atoms with Crippen molar-refractivity contribution in [1.29, 1.82) is 0 Å². The average Bonchev–Trinajstić information content (AvgIpc) is 3.08. The minimum atomic E-state index is -4.31. The summed E-state index contributed by atoms with van der Waals surface area (Å²) in [6, 6.07) is 7.60. The molecule has 4 rings (SSSR count). The molecular formula is C23H28F3N3OS2. The Hall–Kier alpha value is -1.71. The van der Waals surface area contributed by atoms with Crippen LogP contribution in [-0.2, 0) is 6.18 Å². The first kappa shape index (κ1) is 23.4. The summed E-state index contributed by atoms with van der Waals surface area (Å²) in [5, 5.41) is 0. The molecule has 0 saturated carbocycles. The molecule has 2 aliphatic heterocycles. The molecule has 174 valence electrons. The van der Waals surface area contributed by atoms with Crippen LogP contribution in [0.15, 0.2) is 34.5 Å². The number of hydrogen-bond donors (Lipinski definition) is 0. The van der Waals surface area contributed by atoms with Gasteiger partial charge in [-0.25, -0.2) is 0 Å². The van der Waals surface area contributed by atoms with E-state index in [0.717, 1.165) is 80.2 Å². The number of fused-ring (bicyclic) bond motifs is 1. The van der Waals surface area contributed by atoms with Crippen LogP contribution in [0, 0.1) is 6.92 Å². The van der Waals surface area contributed by atoms with Gasteiger partial charge in [0.15, 0.2) is 0 Å². The quantitative estimate of drug-likeness (QED) is 0.526. The molecule has 2 aromatic rings. The normalized spacial score (nSPS) is 18.1. The van der Waals surface area contributed by atoms with Crippen molar-refractivity contribution in [3.8, 4) is 0 Å². The molecule has 0 N–H and O–H groups in total. The Kier molecular flexibility index (Phi) is 7.37. The number of thiophene rings is 1. The SMILES string of the molecule is Cc1cc2c(s1)SCCN(CCCCN1CCN(c3cccc(C(F)(F)F)c3)CC1)C2=O. The van der Waals surface area contributed by atoms with Gasteiger partial charge >= 0.3 is 6.18 Å². The number of aryl methyl sites for hydroxylation is 1. The molecule has 0 unspecified atom stereocenters. The zero-order valence-corrected chi connectivity index (χ0v) is 19.8. The molecular weight excluding hydrogens is 455 g/mol. The van der Waals surface area contributed by atoms with Crippen LogP contribution < -0.4 is 4.90 Å². The van der Waals surface area contributed by atoms with E-state index in [-0.39, 0.29) is 5.91 Å². The minimum absolute atomic E-state index is 0.157. The summed E-state index contributed by atoms with van der Waals surface area (Å²) in [4.78, 5) is 20.4. The van der Waals surface area contributed by atoms with E-state index in [0.29, 0.717) is 5.69 Å². The Morgan fingerprint density at radius 3 is 2.50 bits per heavy atom. The summed E-state index contributed by atoms with van der Waals surface area (Å²) in [6.07, 6.45) is -2.34. The maximum absolute atomic E-state index is 13.0. The predicted molar refractivity (Wildman–Crippen MR) is 125 cm³/mol. The smallest absolute Gasteiger partial charge is 0.369 e. The van der Waals surface area contributed by atoms with Gasteiger partial charge in [-0.2, -0.15) is 13.2 Å². The maximum Gasteiger partial charge on any atom is 0.416 e. The van der Waals surface area contributed by atoms with Crippen molar-refractivity contribution in [3.63, 3.8) is 0 Å². The number of hydrogen-bond acceptors (Lipinski definition) is 5. The number of piperazine rings is 1. The zero-order chi connectivity index (χ0) is 22.7. The summed E-state index contributed by atoms with van der Waals surface area (Å²) >= 11 is 3.49. The summed E-state index contributed by atoms with van der Waals surface area (Å²) in [6.45, 7) is 7.70. The van der Waals surface area contributed by atoms with Crippen LogP contribution >= 0.6 is 23.1 Å². The Bertz CT molecular complexity index is 939. The van der Waals surface area contributed by atoms with Crippen LogP contribution in [0.25, 0.3) is 0 Å². The van der Waals surface area contributed by atoms with Crippen molar-refractivity contribution in [2.45, 2.75) is 30.2 Å². The summed E-state index contributed by atoms with van der Waals surface area (Å²) < 4.78 is 40.1. The first-order valence-corrected chi connectivity index (χ1v) is 12.8. The van der Waals surface area contributed by atoms with Crippen molar-refractivity contribution in [2.75, 3.05) is 56.5 Å². The first-order valence-electron chi connectivity index (χ1n) is 11.0. The lowest BCUT2D eigenvalue weighted by molar-refractivity contribution is -0.137. The average molecular weight is 484 g/mol. The third-order valence-corrected chi connectivity index (χ3v) is 8.31. The van der Waals surface area contributed by atoms with E-state index in [1.807, 2.05) is 22.8 Å². The van der Waals surface area contributed by atoms with Crippen molar-refractivity contribution >= 4 is 34.7 Å². The van der Waals surface area contributed by atoms with Crippen molar-refractivity contribution in [3.05, 3.63) is 46.3 Å². The van der Waals surface area contributed by atoms with Crippen LogP contribution in [0.3, 0.4) is 0 Å². The number of unbranched alkanes of at least 4 members (excludes halogenated alkanes) is 1. The monoisotopic (exact) mass is 483 g/mol. The van der Waals surface area contributed by atoms with E-state index in [2.05, 4.69) is 4.90 Å². The molecule has 4 nitrogen and oxygen atoms in total. The molecule has 0 atom stereocenters. The maximum atomic E-state index is 13.0. The lowest BCUT2D eigenvalue weighted by atomic mass is 10.1. The van der Waals surface area contributed by atoms with E-state index < -0.39 is 11.7 Å². The molecule has 0 bridgehead atoms. The van der Waals surface area contributed by atoms with Gasteiger partial charge in [0.25, 0.3) is 5.91 Å². The summed E-state index contributed by atoms with van der Waals surface area (Å²) in [5.74, 6) is 1.10. The van der Waals surface area contributed by atoms with E-state index in [1.165, 1.54) is 17.0 Å². The van der Waals surface area contributed by atoms with E-state index in [1.54, 1.807) is 29.2 Å². The van der Waals surface area contributed by atoms with Crippen molar-refractivity contribution < 1.29 is 18.0 Å². The molecule has 1 aromatic carbocycles. The fourth-order valence-electron chi connectivity index (χ4n) is 4.23. The van der Waals surface area contributed by atoms with Crippen molar-refractivity contribution in [1.82, 2.24) is 9.80 Å². The number of amides is 1. The molecule has 1 amide bonds. The van der Waals surface area contributed by atoms with Gasteiger partial charge in [0.05, 0.1) is 15.3 Å². The molecule has 1 saturated heterocycles. The number of halogens is 3. The number of carbonyl (C=O) groups excluding carboxylic acids is 1. The van der Waals surface area contributed by atoms with Crippen LogP contribution in [0.1, 0.15) is 33.6 Å². The Morgan fingerprint density at radius 1 is 1.00 bits per heavy atom. The number of nitrogens with zero attached hydrogens (tertiary/aromatic N) is 3. The van der Waals surface area contributed by atoms with Gasteiger partial charge in [-0.05, 0) is 50.6 Å². The van der Waals surface area contributed by atoms with Gasteiger partial charge in [-0.1, -0.05) is 6.07 Å². The number of thioether (sulfide) groups is 1. The lowest BCUT2D eigenvalue weighted by Gasteiger charge is -2.36. The number of benzene rings is 1. The second-order valence-electron chi connectivity index (χ2n) is 8.28. The fraction of sp³-hybridized carbons (Fsp3) is 0.522. The third-order valence-electron chi connectivity index (χ3n) is 6.00. The number of alkyl halides is 3. The van der Waals surface area contributed by atoms with Crippen LogP contribution in [-0.4, -0.2) is 67.3 Å². The molecule has 9 heteroatoms. The van der Waals surface area contributed by atoms with E-state index >= 15 is 0 Å². The van der Waals surface area contributed by atoms with Gasteiger partial charge < -0.3 is 9.80 Å². The third kappa shape index (κ3) is 5.61. The second kappa shape index (κ2) is 10.1. The molecule has 3 heterocycles. The largest absolute Gasteiger partial charge is 0.416 e. The lowest BCUT2D eigenvalue weighted by Crippen LogP contribution is -2.46. The molecule has 0 aliphatic carbocycles. The number of rotatable bonds is 6. The molecule has 0 spiro atoms. The second-order valence-corrected chi connectivity index (χ2v) is 10.9. The number of carbonyl (C=O) groups is 1. The standard InChI is InChI=1S/C23H28F3N3OS2/c1-17-15-20-21(30)29(13-14-31-22(20)32-17)8-3-2-7-27-9-11-28(12-10-27)19-6-4-5-18(16-19)23(24,25)26/h4-6,15-16H,2-3,7-14H2,1H3. The van der Waals surface area contributed by atoms with Gasteiger partial charge in [0, 0.05) is 55.6 Å². The van der Waals surface area contributed by atoms with Crippen LogP contribution in [0.4, 0.5) is 18.9 Å². The molecule has 0 radical (unpaired) electrons. The molecule has 32 heavy (non-hydrogen) atoms. The highest BCUT2D eigenvalue weighted by Crippen LogP contribution is 2.35. The Labute approximate surface area is 195 Å². The van der Waals surface area contributed by atoms with Crippen LogP contribution in [0.2, 0.25) is 0 Å². The van der Waals surface area contributed by atoms with Gasteiger partial charge in [0.1, 0.15) is 0 Å². The number of anilines is 1. The van der Waals surface area contributed by atoms with Gasteiger partial charge in [-0.3, -0.25) is 9.69 Å². The fourth-order valence-corrected chi connectivity index (χ4v) is 6.63. The molecule has 1 fully saturated rings. The Morgan fingerprint density at radius 2 is 1.75 bits per heavy atom.